The van der Waals surface area contributed by atoms with Gasteiger partial charge >= 0.3 is 6.09 Å². The van der Waals surface area contributed by atoms with Crippen LogP contribution in [0.2, 0.25) is 0 Å². The molecule has 1 heterocycles. The van der Waals surface area contributed by atoms with Crippen molar-refractivity contribution in [2.45, 2.75) is 0 Å². The molecule has 3 heteroatoms. The summed E-state index contributed by atoms with van der Waals surface area (Å²) in [6.45, 7) is 1.20. The molecule has 0 fully saturated rings. The van der Waals surface area contributed by atoms with E-state index in [-0.39, 0.29) is 6.09 Å². The van der Waals surface area contributed by atoms with Crippen molar-refractivity contribution in [1.82, 2.24) is 4.90 Å². The van der Waals surface area contributed by atoms with Crippen molar-refractivity contribution in [2.75, 3.05) is 20.2 Å². The third-order valence-corrected chi connectivity index (χ3v) is 1.29. The third-order valence-electron chi connectivity index (χ3n) is 1.29. The Balaban J connectivity index is 2.46. The first-order valence-corrected chi connectivity index (χ1v) is 3.07. The molecule has 10 heavy (non-hydrogen) atoms. The van der Waals surface area contributed by atoms with Gasteiger partial charge in [-0.1, -0.05) is 0 Å². The summed E-state index contributed by atoms with van der Waals surface area (Å²) >= 11 is 0. The maximum Gasteiger partial charge on any atom is 0.410 e. The second-order valence-corrected chi connectivity index (χ2v) is 1.95. The van der Waals surface area contributed by atoms with Crippen molar-refractivity contribution >= 4 is 6.09 Å². The molecule has 1 aliphatic rings. The van der Waals surface area contributed by atoms with Crippen LogP contribution in [0.5, 0.6) is 0 Å². The van der Waals surface area contributed by atoms with Crippen molar-refractivity contribution in [3.63, 3.8) is 0 Å². The van der Waals surface area contributed by atoms with Gasteiger partial charge in [-0.3, -0.25) is 4.90 Å². The number of carbonyl (C=O) groups is 1. The van der Waals surface area contributed by atoms with Crippen LogP contribution in [-0.4, -0.2) is 31.2 Å². The van der Waals surface area contributed by atoms with Gasteiger partial charge in [-0.05, 0) is 12.2 Å². The van der Waals surface area contributed by atoms with Gasteiger partial charge in [0.1, 0.15) is 0 Å². The summed E-state index contributed by atoms with van der Waals surface area (Å²) in [7, 11) is 1.38. The van der Waals surface area contributed by atoms with Crippen LogP contribution in [0.1, 0.15) is 0 Å². The Morgan fingerprint density at radius 2 is 2.20 bits per heavy atom. The van der Waals surface area contributed by atoms with Crippen molar-refractivity contribution in [2.24, 2.45) is 0 Å². The van der Waals surface area contributed by atoms with Crippen LogP contribution in [0.15, 0.2) is 17.9 Å². The lowest BCUT2D eigenvalue weighted by Gasteiger charge is -2.17. The summed E-state index contributed by atoms with van der Waals surface area (Å²) in [5.74, 6) is 0. The van der Waals surface area contributed by atoms with E-state index in [0.717, 1.165) is 0 Å². The van der Waals surface area contributed by atoms with E-state index < -0.39 is 0 Å². The molecule has 0 spiro atoms. The average Bonchev–Trinajstić information content (AvgIpc) is 2.05. The molecular weight excluding hydrogens is 130 g/mol. The van der Waals surface area contributed by atoms with Gasteiger partial charge < -0.3 is 4.74 Å². The van der Waals surface area contributed by atoms with Crippen molar-refractivity contribution in [3.8, 4) is 0 Å². The molecular formula is C7H9NO2. The summed E-state index contributed by atoms with van der Waals surface area (Å²) in [4.78, 5) is 12.4. The highest BCUT2D eigenvalue weighted by Crippen LogP contribution is 1.96. The summed E-state index contributed by atoms with van der Waals surface area (Å²) in [6, 6.07) is 0. The molecule has 0 aromatic heterocycles. The van der Waals surface area contributed by atoms with Crippen LogP contribution in [0.25, 0.3) is 0 Å². The molecule has 0 radical (unpaired) electrons. The zero-order chi connectivity index (χ0) is 7.40. The van der Waals surface area contributed by atoms with E-state index in [1.807, 2.05) is 0 Å². The minimum Gasteiger partial charge on any atom is -0.453 e. The Kier molecular flexibility index (Phi) is 2.13. The lowest BCUT2D eigenvalue weighted by Crippen LogP contribution is -2.32. The first-order valence-electron chi connectivity index (χ1n) is 3.07. The topological polar surface area (TPSA) is 29.5 Å². The zero-order valence-corrected chi connectivity index (χ0v) is 5.83. The quantitative estimate of drug-likeness (QED) is 0.464. The second-order valence-electron chi connectivity index (χ2n) is 1.95. The largest absolute Gasteiger partial charge is 0.453 e. The molecule has 0 aliphatic carbocycles. The number of ether oxygens (including phenoxy) is 1. The monoisotopic (exact) mass is 139 g/mol. The average molecular weight is 139 g/mol. The summed E-state index contributed by atoms with van der Waals surface area (Å²) in [6.07, 6.45) is 3.30. The maximum absolute atomic E-state index is 10.8. The lowest BCUT2D eigenvalue weighted by molar-refractivity contribution is 0.132. The summed E-state index contributed by atoms with van der Waals surface area (Å²) < 4.78 is 4.51. The van der Waals surface area contributed by atoms with Crippen LogP contribution >= 0.6 is 0 Å². The van der Waals surface area contributed by atoms with E-state index in [0.29, 0.717) is 13.1 Å². The Morgan fingerprint density at radius 3 is 2.70 bits per heavy atom. The first kappa shape index (κ1) is 6.90. The molecule has 3 nitrogen and oxygen atoms in total. The van der Waals surface area contributed by atoms with Gasteiger partial charge in [0.25, 0.3) is 0 Å². The summed E-state index contributed by atoms with van der Waals surface area (Å²) in [5, 5.41) is 0. The highest BCUT2D eigenvalue weighted by Gasteiger charge is 2.10. The zero-order valence-electron chi connectivity index (χ0n) is 5.83. The van der Waals surface area contributed by atoms with Gasteiger partial charge in [-0.25, -0.2) is 4.79 Å². The fourth-order valence-electron chi connectivity index (χ4n) is 0.762. The maximum atomic E-state index is 10.8. The highest BCUT2D eigenvalue weighted by molar-refractivity contribution is 5.68. The first-order chi connectivity index (χ1) is 4.84. The van der Waals surface area contributed by atoms with Gasteiger partial charge in [0.05, 0.1) is 7.11 Å². The fraction of sp³-hybridized carbons (Fsp3) is 0.429. The van der Waals surface area contributed by atoms with Crippen LogP contribution in [0, 0.1) is 0 Å². The molecule has 0 atom stereocenters. The smallest absolute Gasteiger partial charge is 0.410 e. The number of carbonyl (C=O) groups excluding carboxylic acids is 1. The summed E-state index contributed by atoms with van der Waals surface area (Å²) in [5.41, 5.74) is 2.89. The molecule has 54 valence electrons. The predicted molar refractivity (Wildman–Crippen MR) is 36.6 cm³/mol. The normalized spacial score (nSPS) is 15.5. The van der Waals surface area contributed by atoms with Gasteiger partial charge in [-0.2, -0.15) is 0 Å². The van der Waals surface area contributed by atoms with Crippen LogP contribution < -0.4 is 0 Å². The van der Waals surface area contributed by atoms with Crippen LogP contribution in [0.4, 0.5) is 4.79 Å². The number of rotatable bonds is 0. The number of nitrogens with zero attached hydrogens (tertiary/aromatic N) is 1. The van der Waals surface area contributed by atoms with E-state index in [4.69, 9.17) is 0 Å². The van der Waals surface area contributed by atoms with Crippen LogP contribution in [0.3, 0.4) is 0 Å². The van der Waals surface area contributed by atoms with Crippen molar-refractivity contribution < 1.29 is 9.53 Å². The van der Waals surface area contributed by atoms with E-state index >= 15 is 0 Å². The molecule has 0 aromatic carbocycles. The Hall–Kier alpha value is -1.21. The Bertz CT molecular complexity index is 182. The Labute approximate surface area is 59.6 Å². The van der Waals surface area contributed by atoms with Crippen LogP contribution in [-0.2, 0) is 4.74 Å². The molecule has 1 amide bonds. The molecule has 1 aliphatic heterocycles. The van der Waals surface area contributed by atoms with Gasteiger partial charge in [-0.15, -0.1) is 5.73 Å². The molecule has 1 rings (SSSR count). The third kappa shape index (κ3) is 1.39. The molecule has 0 bridgehead atoms. The number of methoxy groups -OCH3 is 1. The minimum atomic E-state index is -0.283. The predicted octanol–water partition coefficient (Wildman–Crippen LogP) is 0.780. The van der Waals surface area contributed by atoms with E-state index in [1.165, 1.54) is 7.11 Å². The van der Waals surface area contributed by atoms with Crippen molar-refractivity contribution in [1.29, 1.82) is 0 Å². The molecule has 0 saturated carbocycles. The lowest BCUT2D eigenvalue weighted by atomic mass is 10.4. The number of hydrogen-bond donors (Lipinski definition) is 0. The molecule has 0 aromatic rings. The standard InChI is InChI=1S/C7H9NO2/c1-10-7(9)8-5-3-2-4-6-8/h3-4H,5-6H2,1H3. The SMILES string of the molecule is COC(=O)N1CC=C=CC1. The Morgan fingerprint density at radius 1 is 1.60 bits per heavy atom. The second kappa shape index (κ2) is 3.08. The van der Waals surface area contributed by atoms with E-state index in [9.17, 15) is 4.79 Å². The number of hydrogen-bond acceptors (Lipinski definition) is 2. The molecule has 0 unspecified atom stereocenters. The van der Waals surface area contributed by atoms with E-state index in [1.54, 1.807) is 17.1 Å². The van der Waals surface area contributed by atoms with Gasteiger partial charge in [0, 0.05) is 13.1 Å². The molecule has 0 N–H and O–H groups in total. The fourth-order valence-corrected chi connectivity index (χ4v) is 0.762. The highest BCUT2D eigenvalue weighted by atomic mass is 16.5. The number of amides is 1. The van der Waals surface area contributed by atoms with Gasteiger partial charge in [0.15, 0.2) is 0 Å². The van der Waals surface area contributed by atoms with Gasteiger partial charge in [0.2, 0.25) is 0 Å². The minimum absolute atomic E-state index is 0.283. The van der Waals surface area contributed by atoms with E-state index in [2.05, 4.69) is 10.5 Å². The molecule has 0 saturated heterocycles. The van der Waals surface area contributed by atoms with Crippen molar-refractivity contribution in [3.05, 3.63) is 17.9 Å².